The van der Waals surface area contributed by atoms with Crippen LogP contribution in [0.15, 0.2) is 24.3 Å². The van der Waals surface area contributed by atoms with Crippen LogP contribution in [0.3, 0.4) is 0 Å². The first-order valence-electron chi connectivity index (χ1n) is 6.69. The number of benzene rings is 1. The summed E-state index contributed by atoms with van der Waals surface area (Å²) in [6, 6.07) is 8.49. The predicted octanol–water partition coefficient (Wildman–Crippen LogP) is 3.19. The smallest absolute Gasteiger partial charge is 0.119 e. The molecule has 0 radical (unpaired) electrons. The molecule has 1 heterocycles. The lowest BCUT2D eigenvalue weighted by Gasteiger charge is -2.22. The standard InChI is InChI=1S/C15H23NO/c1-12(2)14-4-3-5-15(10-14)17-11-13-6-8-16-9-7-13/h3-5,10,12-13,16H,6-9,11H2,1-2H3. The monoisotopic (exact) mass is 233 g/mol. The minimum Gasteiger partial charge on any atom is -0.493 e. The zero-order chi connectivity index (χ0) is 12.1. The molecule has 94 valence electrons. The van der Waals surface area contributed by atoms with Crippen LogP contribution in [0.1, 0.15) is 38.2 Å². The van der Waals surface area contributed by atoms with E-state index in [0.29, 0.717) is 5.92 Å². The van der Waals surface area contributed by atoms with Crippen LogP contribution >= 0.6 is 0 Å². The maximum absolute atomic E-state index is 5.91. The van der Waals surface area contributed by atoms with Gasteiger partial charge in [0, 0.05) is 0 Å². The van der Waals surface area contributed by atoms with Crippen molar-refractivity contribution in [3.8, 4) is 5.75 Å². The fourth-order valence-electron chi connectivity index (χ4n) is 2.23. The Kier molecular flexibility index (Phi) is 4.43. The van der Waals surface area contributed by atoms with Crippen molar-refractivity contribution in [1.82, 2.24) is 5.32 Å². The number of hydrogen-bond acceptors (Lipinski definition) is 2. The first-order valence-corrected chi connectivity index (χ1v) is 6.69. The fourth-order valence-corrected chi connectivity index (χ4v) is 2.23. The molecule has 1 N–H and O–H groups in total. The van der Waals surface area contributed by atoms with Gasteiger partial charge in [-0.15, -0.1) is 0 Å². The van der Waals surface area contributed by atoms with E-state index in [1.54, 1.807) is 0 Å². The summed E-state index contributed by atoms with van der Waals surface area (Å²) in [5.41, 5.74) is 1.35. The molecule has 2 rings (SSSR count). The summed E-state index contributed by atoms with van der Waals surface area (Å²) < 4.78 is 5.91. The van der Waals surface area contributed by atoms with Crippen LogP contribution in [0.25, 0.3) is 0 Å². The molecule has 1 aromatic rings. The lowest BCUT2D eigenvalue weighted by Crippen LogP contribution is -2.30. The highest BCUT2D eigenvalue weighted by molar-refractivity contribution is 5.30. The third kappa shape index (κ3) is 3.74. The van der Waals surface area contributed by atoms with Gasteiger partial charge in [-0.3, -0.25) is 0 Å². The van der Waals surface area contributed by atoms with E-state index in [1.165, 1.54) is 18.4 Å². The number of hydrogen-bond donors (Lipinski definition) is 1. The first-order chi connectivity index (χ1) is 8.25. The molecular weight excluding hydrogens is 210 g/mol. The van der Waals surface area contributed by atoms with E-state index in [9.17, 15) is 0 Å². The number of rotatable bonds is 4. The zero-order valence-corrected chi connectivity index (χ0v) is 10.9. The molecule has 0 amide bonds. The van der Waals surface area contributed by atoms with Gasteiger partial charge in [-0.2, -0.15) is 0 Å². The summed E-state index contributed by atoms with van der Waals surface area (Å²) in [5, 5.41) is 3.38. The molecule has 1 fully saturated rings. The molecule has 0 unspecified atom stereocenters. The Bertz CT molecular complexity index is 343. The first kappa shape index (κ1) is 12.4. The van der Waals surface area contributed by atoms with Gasteiger partial charge in [-0.25, -0.2) is 0 Å². The molecule has 2 heteroatoms. The Hall–Kier alpha value is -1.02. The van der Waals surface area contributed by atoms with E-state index in [0.717, 1.165) is 31.4 Å². The van der Waals surface area contributed by atoms with Crippen molar-refractivity contribution < 1.29 is 4.74 Å². The van der Waals surface area contributed by atoms with Gasteiger partial charge in [0.25, 0.3) is 0 Å². The van der Waals surface area contributed by atoms with Crippen molar-refractivity contribution in [3.63, 3.8) is 0 Å². The Morgan fingerprint density at radius 3 is 2.76 bits per heavy atom. The van der Waals surface area contributed by atoms with E-state index in [-0.39, 0.29) is 0 Å². The largest absolute Gasteiger partial charge is 0.493 e. The maximum Gasteiger partial charge on any atom is 0.119 e. The molecule has 17 heavy (non-hydrogen) atoms. The lowest BCUT2D eigenvalue weighted by atomic mass is 9.99. The number of ether oxygens (including phenoxy) is 1. The van der Waals surface area contributed by atoms with Gasteiger partial charge in [0.05, 0.1) is 6.61 Å². The summed E-state index contributed by atoms with van der Waals surface area (Å²) >= 11 is 0. The minimum absolute atomic E-state index is 0.567. The van der Waals surface area contributed by atoms with Crippen molar-refractivity contribution in [1.29, 1.82) is 0 Å². The molecule has 1 aliphatic rings. The molecule has 1 aliphatic heterocycles. The summed E-state index contributed by atoms with van der Waals surface area (Å²) in [6.45, 7) is 7.57. The van der Waals surface area contributed by atoms with Crippen LogP contribution in [-0.4, -0.2) is 19.7 Å². The summed E-state index contributed by atoms with van der Waals surface area (Å²) in [6.07, 6.45) is 2.48. The van der Waals surface area contributed by atoms with Gasteiger partial charge in [-0.05, 0) is 55.5 Å². The second kappa shape index (κ2) is 6.06. The highest BCUT2D eigenvalue weighted by atomic mass is 16.5. The molecule has 0 atom stereocenters. The Morgan fingerprint density at radius 1 is 1.29 bits per heavy atom. The van der Waals surface area contributed by atoms with E-state index in [1.807, 2.05) is 0 Å². The normalized spacial score (nSPS) is 17.4. The third-order valence-electron chi connectivity index (χ3n) is 3.47. The molecule has 0 saturated carbocycles. The second-order valence-electron chi connectivity index (χ2n) is 5.23. The van der Waals surface area contributed by atoms with Crippen molar-refractivity contribution >= 4 is 0 Å². The third-order valence-corrected chi connectivity index (χ3v) is 3.47. The summed E-state index contributed by atoms with van der Waals surface area (Å²) in [7, 11) is 0. The minimum atomic E-state index is 0.567. The van der Waals surface area contributed by atoms with Gasteiger partial charge >= 0.3 is 0 Å². The van der Waals surface area contributed by atoms with Crippen molar-refractivity contribution in [2.24, 2.45) is 5.92 Å². The summed E-state index contributed by atoms with van der Waals surface area (Å²) in [5.74, 6) is 2.31. The van der Waals surface area contributed by atoms with Crippen LogP contribution in [0.5, 0.6) is 5.75 Å². The highest BCUT2D eigenvalue weighted by Crippen LogP contribution is 2.21. The van der Waals surface area contributed by atoms with Crippen molar-refractivity contribution in [2.45, 2.75) is 32.6 Å². The van der Waals surface area contributed by atoms with E-state index >= 15 is 0 Å². The van der Waals surface area contributed by atoms with E-state index < -0.39 is 0 Å². The molecule has 1 aromatic carbocycles. The molecule has 1 saturated heterocycles. The van der Waals surface area contributed by atoms with Gasteiger partial charge < -0.3 is 10.1 Å². The molecule has 0 aromatic heterocycles. The van der Waals surface area contributed by atoms with Gasteiger partial charge in [0.15, 0.2) is 0 Å². The average Bonchev–Trinajstić information content (AvgIpc) is 2.38. The van der Waals surface area contributed by atoms with Crippen molar-refractivity contribution in [2.75, 3.05) is 19.7 Å². The molecule has 0 aliphatic carbocycles. The van der Waals surface area contributed by atoms with Crippen LogP contribution in [0.2, 0.25) is 0 Å². The average molecular weight is 233 g/mol. The Balaban J connectivity index is 1.87. The summed E-state index contributed by atoms with van der Waals surface area (Å²) in [4.78, 5) is 0. The maximum atomic E-state index is 5.91. The van der Waals surface area contributed by atoms with Crippen molar-refractivity contribution in [3.05, 3.63) is 29.8 Å². The Morgan fingerprint density at radius 2 is 2.06 bits per heavy atom. The van der Waals surface area contributed by atoms with Crippen LogP contribution < -0.4 is 10.1 Å². The van der Waals surface area contributed by atoms with Gasteiger partial charge in [0.2, 0.25) is 0 Å². The van der Waals surface area contributed by atoms with E-state index in [4.69, 9.17) is 4.74 Å². The van der Waals surface area contributed by atoms with Gasteiger partial charge in [0.1, 0.15) is 5.75 Å². The molecular formula is C15H23NO. The second-order valence-corrected chi connectivity index (χ2v) is 5.23. The van der Waals surface area contributed by atoms with Crippen LogP contribution in [-0.2, 0) is 0 Å². The zero-order valence-electron chi connectivity index (χ0n) is 10.9. The topological polar surface area (TPSA) is 21.3 Å². The molecule has 0 bridgehead atoms. The molecule has 2 nitrogen and oxygen atoms in total. The predicted molar refractivity (Wildman–Crippen MR) is 71.6 cm³/mol. The number of piperidine rings is 1. The van der Waals surface area contributed by atoms with Gasteiger partial charge in [-0.1, -0.05) is 26.0 Å². The Labute approximate surface area is 104 Å². The fraction of sp³-hybridized carbons (Fsp3) is 0.600. The lowest BCUT2D eigenvalue weighted by molar-refractivity contribution is 0.215. The van der Waals surface area contributed by atoms with Crippen LogP contribution in [0.4, 0.5) is 0 Å². The SMILES string of the molecule is CC(C)c1cccc(OCC2CCNCC2)c1. The quantitative estimate of drug-likeness (QED) is 0.862. The van der Waals surface area contributed by atoms with Crippen LogP contribution in [0, 0.1) is 5.92 Å². The highest BCUT2D eigenvalue weighted by Gasteiger charge is 2.13. The van der Waals surface area contributed by atoms with E-state index in [2.05, 4.69) is 43.4 Å². The number of nitrogens with one attached hydrogen (secondary N) is 1. The molecule has 0 spiro atoms.